The minimum Gasteiger partial charge on any atom is -0.497 e. The summed E-state index contributed by atoms with van der Waals surface area (Å²) in [6.07, 6.45) is -3.20. The summed E-state index contributed by atoms with van der Waals surface area (Å²) in [6.45, 7) is 8.52. The third-order valence-electron chi connectivity index (χ3n) is 6.64. The Morgan fingerprint density at radius 3 is 2.50 bits per heavy atom. The number of nitrogen functional groups attached to an aromatic ring is 1. The number of nitrogens with zero attached hydrogens (tertiary/aromatic N) is 5. The molecule has 3 aromatic rings. The van der Waals surface area contributed by atoms with Crippen LogP contribution in [0.4, 0.5) is 42.0 Å². The molecule has 0 atom stereocenters. The van der Waals surface area contributed by atoms with E-state index in [0.717, 1.165) is 25.2 Å². The summed E-state index contributed by atoms with van der Waals surface area (Å²) in [7, 11) is 3.28. The zero-order valence-electron chi connectivity index (χ0n) is 23.4. The van der Waals surface area contributed by atoms with Gasteiger partial charge in [0, 0.05) is 43.5 Å². The maximum Gasteiger partial charge on any atom is 0.416 e. The zero-order valence-corrected chi connectivity index (χ0v) is 23.4. The van der Waals surface area contributed by atoms with E-state index in [4.69, 9.17) is 16.2 Å². The predicted octanol–water partition coefficient (Wildman–Crippen LogP) is 3.99. The number of amides is 1. The SMILES string of the molecule is C=CNc1c(N)nc(N2CCN(C)CC2)nc1C(N)=Nc1cc(C(=O)Nc2cc(OC)cc(C(F)(F)F)c2)ccc1C. The standard InChI is InChI=1S/C28H32F3N9O2/c1-5-34-22-23(37-27(38-24(22)32)40-10-8-39(3)9-11-40)25(33)36-21-12-17(7-6-16(21)2)26(41)35-19-13-18(28(29,30)31)14-20(15-19)42-4/h5-7,12-15,34H,1,8-11H2,2-4H3,(H2,33,36)(H,35,41)(H2,32,37,38). The quantitative estimate of drug-likeness (QED) is 0.228. The van der Waals surface area contributed by atoms with Crippen LogP contribution in [0.25, 0.3) is 0 Å². The highest BCUT2D eigenvalue weighted by molar-refractivity contribution is 6.06. The van der Waals surface area contributed by atoms with Crippen molar-refractivity contribution in [2.45, 2.75) is 13.1 Å². The molecule has 2 aromatic carbocycles. The van der Waals surface area contributed by atoms with E-state index in [1.54, 1.807) is 13.0 Å². The van der Waals surface area contributed by atoms with Crippen LogP contribution in [0, 0.1) is 6.92 Å². The zero-order chi connectivity index (χ0) is 30.6. The van der Waals surface area contributed by atoms with Crippen LogP contribution in [0.1, 0.15) is 27.2 Å². The molecule has 6 N–H and O–H groups in total. The van der Waals surface area contributed by atoms with Crippen LogP contribution in [-0.4, -0.2) is 66.9 Å². The molecule has 0 radical (unpaired) electrons. The summed E-state index contributed by atoms with van der Waals surface area (Å²) in [5.41, 5.74) is 13.4. The average Bonchev–Trinajstić information content (AvgIpc) is 2.94. The lowest BCUT2D eigenvalue weighted by molar-refractivity contribution is -0.137. The second kappa shape index (κ2) is 12.3. The minimum absolute atomic E-state index is 0.00657. The smallest absolute Gasteiger partial charge is 0.416 e. The molecule has 1 aliphatic rings. The van der Waals surface area contributed by atoms with E-state index in [2.05, 4.69) is 37.1 Å². The van der Waals surface area contributed by atoms with Crippen molar-refractivity contribution in [2.75, 3.05) is 61.6 Å². The minimum atomic E-state index is -4.62. The molecular weight excluding hydrogens is 551 g/mol. The van der Waals surface area contributed by atoms with Crippen molar-refractivity contribution in [1.29, 1.82) is 0 Å². The molecule has 14 heteroatoms. The van der Waals surface area contributed by atoms with Crippen LogP contribution in [0.2, 0.25) is 0 Å². The van der Waals surface area contributed by atoms with Gasteiger partial charge in [-0.1, -0.05) is 12.6 Å². The monoisotopic (exact) mass is 583 g/mol. The van der Waals surface area contributed by atoms with Gasteiger partial charge in [0.1, 0.15) is 17.1 Å². The Bertz CT molecular complexity index is 1520. The van der Waals surface area contributed by atoms with E-state index < -0.39 is 17.6 Å². The number of hydrogen-bond donors (Lipinski definition) is 4. The van der Waals surface area contributed by atoms with Gasteiger partial charge in [-0.2, -0.15) is 18.2 Å². The Balaban J connectivity index is 1.67. The van der Waals surface area contributed by atoms with Gasteiger partial charge in [0.15, 0.2) is 11.7 Å². The molecule has 1 aliphatic heterocycles. The third-order valence-corrected chi connectivity index (χ3v) is 6.64. The summed E-state index contributed by atoms with van der Waals surface area (Å²) < 4.78 is 44.9. The molecule has 0 saturated carbocycles. The number of hydrogen-bond acceptors (Lipinski definition) is 9. The lowest BCUT2D eigenvalue weighted by Gasteiger charge is -2.32. The summed E-state index contributed by atoms with van der Waals surface area (Å²) in [4.78, 5) is 30.9. The summed E-state index contributed by atoms with van der Waals surface area (Å²) in [5.74, 6) is -0.125. The van der Waals surface area contributed by atoms with Crippen molar-refractivity contribution < 1.29 is 22.7 Å². The first-order valence-corrected chi connectivity index (χ1v) is 12.9. The van der Waals surface area contributed by atoms with Gasteiger partial charge >= 0.3 is 6.18 Å². The number of carbonyl (C=O) groups is 1. The Hall–Kier alpha value is -4.85. The van der Waals surface area contributed by atoms with E-state index in [9.17, 15) is 18.0 Å². The molecule has 2 heterocycles. The number of benzene rings is 2. The number of amidine groups is 1. The maximum absolute atomic E-state index is 13.3. The molecule has 1 saturated heterocycles. The van der Waals surface area contributed by atoms with Gasteiger partial charge < -0.3 is 36.6 Å². The normalized spacial score (nSPS) is 14.4. The molecule has 1 aromatic heterocycles. The number of carbonyl (C=O) groups excluding carboxylic acids is 1. The van der Waals surface area contributed by atoms with E-state index >= 15 is 0 Å². The Labute approximate surface area is 241 Å². The topological polar surface area (TPSA) is 147 Å². The lowest BCUT2D eigenvalue weighted by atomic mass is 10.1. The lowest BCUT2D eigenvalue weighted by Crippen LogP contribution is -2.45. The van der Waals surface area contributed by atoms with Crippen LogP contribution in [0.3, 0.4) is 0 Å². The van der Waals surface area contributed by atoms with E-state index in [-0.39, 0.29) is 34.3 Å². The molecule has 4 rings (SSSR count). The van der Waals surface area contributed by atoms with Crippen LogP contribution < -0.4 is 31.7 Å². The van der Waals surface area contributed by atoms with E-state index in [1.165, 1.54) is 31.5 Å². The fraction of sp³-hybridized carbons (Fsp3) is 0.286. The van der Waals surface area contributed by atoms with Crippen LogP contribution >= 0.6 is 0 Å². The van der Waals surface area contributed by atoms with Crippen molar-refractivity contribution in [3.63, 3.8) is 0 Å². The van der Waals surface area contributed by atoms with Crippen LogP contribution in [0.5, 0.6) is 5.75 Å². The van der Waals surface area contributed by atoms with Crippen molar-refractivity contribution in [1.82, 2.24) is 14.9 Å². The van der Waals surface area contributed by atoms with E-state index in [1.807, 2.05) is 11.9 Å². The second-order valence-corrected chi connectivity index (χ2v) is 9.67. The van der Waals surface area contributed by atoms with E-state index in [0.29, 0.717) is 36.0 Å². The van der Waals surface area contributed by atoms with Gasteiger partial charge in [-0.05, 0) is 50.0 Å². The number of ether oxygens (including phenoxy) is 1. The first-order chi connectivity index (χ1) is 19.9. The number of anilines is 4. The fourth-order valence-electron chi connectivity index (χ4n) is 4.25. The molecule has 11 nitrogen and oxygen atoms in total. The number of aromatic nitrogens is 2. The molecule has 222 valence electrons. The number of rotatable bonds is 8. The second-order valence-electron chi connectivity index (χ2n) is 9.67. The van der Waals surface area contributed by atoms with Crippen molar-refractivity contribution in [3.05, 3.63) is 71.6 Å². The van der Waals surface area contributed by atoms with Crippen molar-refractivity contribution in [3.8, 4) is 5.75 Å². The number of alkyl halides is 3. The first-order valence-electron chi connectivity index (χ1n) is 12.9. The highest BCUT2D eigenvalue weighted by Crippen LogP contribution is 2.34. The largest absolute Gasteiger partial charge is 0.497 e. The Morgan fingerprint density at radius 2 is 1.86 bits per heavy atom. The predicted molar refractivity (Wildman–Crippen MR) is 157 cm³/mol. The average molecular weight is 584 g/mol. The van der Waals surface area contributed by atoms with Gasteiger partial charge in [-0.15, -0.1) is 0 Å². The molecule has 1 amide bonds. The summed E-state index contributed by atoms with van der Waals surface area (Å²) in [5, 5.41) is 5.41. The number of likely N-dealkylation sites (N-methyl/N-ethyl adjacent to an activating group) is 1. The van der Waals surface area contributed by atoms with Crippen molar-refractivity contribution in [2.24, 2.45) is 10.7 Å². The van der Waals surface area contributed by atoms with Gasteiger partial charge in [-0.3, -0.25) is 4.79 Å². The van der Waals surface area contributed by atoms with Gasteiger partial charge in [0.05, 0.1) is 18.4 Å². The number of nitrogens with two attached hydrogens (primary N) is 2. The third kappa shape index (κ3) is 6.89. The maximum atomic E-state index is 13.3. The number of aliphatic imine (C=N–C) groups is 1. The number of halogens is 3. The van der Waals surface area contributed by atoms with Gasteiger partial charge in [-0.25, -0.2) is 9.98 Å². The highest BCUT2D eigenvalue weighted by Gasteiger charge is 2.31. The molecule has 1 fully saturated rings. The fourth-order valence-corrected chi connectivity index (χ4v) is 4.25. The molecule has 0 unspecified atom stereocenters. The molecule has 42 heavy (non-hydrogen) atoms. The molecular formula is C28H32F3N9O2. The first kappa shape index (κ1) is 30.1. The van der Waals surface area contributed by atoms with Crippen LogP contribution in [0.15, 0.2) is 54.2 Å². The number of methoxy groups -OCH3 is 1. The molecule has 0 bridgehead atoms. The molecule has 0 spiro atoms. The van der Waals surface area contributed by atoms with Crippen molar-refractivity contribution >= 4 is 40.6 Å². The number of aryl methyl sites for hydroxylation is 1. The Kier molecular flexibility index (Phi) is 8.85. The molecule has 0 aliphatic carbocycles. The highest BCUT2D eigenvalue weighted by atomic mass is 19.4. The summed E-state index contributed by atoms with van der Waals surface area (Å²) in [6, 6.07) is 7.64. The number of piperazine rings is 1. The Morgan fingerprint density at radius 1 is 1.14 bits per heavy atom. The van der Waals surface area contributed by atoms with Crippen LogP contribution in [-0.2, 0) is 6.18 Å². The van der Waals surface area contributed by atoms with Gasteiger partial charge in [0.25, 0.3) is 5.91 Å². The summed E-state index contributed by atoms with van der Waals surface area (Å²) >= 11 is 0. The van der Waals surface area contributed by atoms with Gasteiger partial charge in [0.2, 0.25) is 5.95 Å². The number of nitrogens with one attached hydrogen (secondary N) is 2.